The molecule has 104 valence electrons. The van der Waals surface area contributed by atoms with Gasteiger partial charge in [-0.25, -0.2) is 0 Å². The van der Waals surface area contributed by atoms with E-state index in [9.17, 15) is 9.90 Å². The highest BCUT2D eigenvalue weighted by Gasteiger charge is 2.53. The smallest absolute Gasteiger partial charge is 0.224 e. The SMILES string of the molecule is C#C[C@H]1CC[C@@]2(CC(=C)CC)[C@@H](O)CCCC(=O)N12. The third-order valence-corrected chi connectivity index (χ3v) is 4.65. The van der Waals surface area contributed by atoms with Crippen molar-refractivity contribution < 1.29 is 9.90 Å². The van der Waals surface area contributed by atoms with Crippen LogP contribution in [-0.4, -0.2) is 33.6 Å². The minimum Gasteiger partial charge on any atom is -0.391 e. The molecule has 0 aromatic carbocycles. The Kier molecular flexibility index (Phi) is 4.01. The maximum atomic E-state index is 12.4. The highest BCUT2D eigenvalue weighted by molar-refractivity contribution is 5.79. The second-order valence-electron chi connectivity index (χ2n) is 5.78. The van der Waals surface area contributed by atoms with Gasteiger partial charge in [-0.3, -0.25) is 4.79 Å². The van der Waals surface area contributed by atoms with Crippen LogP contribution in [0.5, 0.6) is 0 Å². The highest BCUT2D eigenvalue weighted by Crippen LogP contribution is 2.44. The zero-order valence-corrected chi connectivity index (χ0v) is 11.7. The van der Waals surface area contributed by atoms with E-state index in [2.05, 4.69) is 19.4 Å². The summed E-state index contributed by atoms with van der Waals surface area (Å²) in [6.07, 6.45) is 10.1. The first kappa shape index (κ1) is 14.1. The van der Waals surface area contributed by atoms with Crippen molar-refractivity contribution in [3.63, 3.8) is 0 Å². The number of fused-ring (bicyclic) bond motifs is 1. The molecule has 0 aliphatic carbocycles. The first-order valence-corrected chi connectivity index (χ1v) is 7.18. The Hall–Kier alpha value is -1.27. The third kappa shape index (κ3) is 2.30. The number of terminal acetylenes is 1. The van der Waals surface area contributed by atoms with Crippen molar-refractivity contribution >= 4 is 5.91 Å². The molecular weight excluding hydrogens is 238 g/mol. The summed E-state index contributed by atoms with van der Waals surface area (Å²) in [7, 11) is 0. The van der Waals surface area contributed by atoms with Gasteiger partial charge in [-0.2, -0.15) is 0 Å². The van der Waals surface area contributed by atoms with E-state index in [0.717, 1.165) is 31.3 Å². The van der Waals surface area contributed by atoms with Crippen molar-refractivity contribution in [3.8, 4) is 12.3 Å². The fourth-order valence-electron chi connectivity index (χ4n) is 3.54. The maximum Gasteiger partial charge on any atom is 0.224 e. The number of hydrogen-bond acceptors (Lipinski definition) is 2. The molecule has 2 aliphatic rings. The zero-order valence-electron chi connectivity index (χ0n) is 11.7. The van der Waals surface area contributed by atoms with E-state index in [1.807, 2.05) is 4.90 Å². The molecule has 3 nitrogen and oxygen atoms in total. The molecule has 1 N–H and O–H groups in total. The molecule has 2 saturated heterocycles. The van der Waals surface area contributed by atoms with Crippen LogP contribution in [0.25, 0.3) is 0 Å². The van der Waals surface area contributed by atoms with Gasteiger partial charge in [0.2, 0.25) is 5.91 Å². The molecule has 0 radical (unpaired) electrons. The molecule has 2 aliphatic heterocycles. The Morgan fingerprint density at radius 1 is 1.63 bits per heavy atom. The number of carbonyl (C=O) groups is 1. The zero-order chi connectivity index (χ0) is 14.0. The summed E-state index contributed by atoms with van der Waals surface area (Å²) in [5, 5.41) is 10.6. The molecule has 2 heterocycles. The number of amides is 1. The monoisotopic (exact) mass is 261 g/mol. The third-order valence-electron chi connectivity index (χ3n) is 4.65. The van der Waals surface area contributed by atoms with Gasteiger partial charge in [0.05, 0.1) is 17.7 Å². The van der Waals surface area contributed by atoms with Crippen molar-refractivity contribution in [3.05, 3.63) is 12.2 Å². The summed E-state index contributed by atoms with van der Waals surface area (Å²) >= 11 is 0. The van der Waals surface area contributed by atoms with Crippen molar-refractivity contribution in [1.29, 1.82) is 0 Å². The Labute approximate surface area is 115 Å². The lowest BCUT2D eigenvalue weighted by atomic mass is 9.81. The summed E-state index contributed by atoms with van der Waals surface area (Å²) in [5.74, 6) is 2.82. The van der Waals surface area contributed by atoms with Crippen LogP contribution in [0.1, 0.15) is 51.9 Å². The maximum absolute atomic E-state index is 12.4. The number of hydrogen-bond donors (Lipinski definition) is 1. The number of nitrogens with zero attached hydrogens (tertiary/aromatic N) is 1. The molecular formula is C16H23NO2. The number of aliphatic hydroxyl groups is 1. The van der Waals surface area contributed by atoms with Crippen molar-refractivity contribution in [2.24, 2.45) is 0 Å². The van der Waals surface area contributed by atoms with Crippen LogP contribution in [0.4, 0.5) is 0 Å². The van der Waals surface area contributed by atoms with E-state index in [-0.39, 0.29) is 11.9 Å². The molecule has 19 heavy (non-hydrogen) atoms. The fourth-order valence-corrected chi connectivity index (χ4v) is 3.54. The molecule has 0 aromatic heterocycles. The standard InChI is InChI=1S/C16H23NO2/c1-4-12(3)11-16-10-9-13(5-2)17(16)15(19)8-6-7-14(16)18/h2,13-14,18H,3-4,6-11H2,1H3/t13-,14-,16+/m0/s1. The minimum atomic E-state index is -0.502. The number of carbonyl (C=O) groups excluding carboxylic acids is 1. The topological polar surface area (TPSA) is 40.5 Å². The van der Waals surface area contributed by atoms with Crippen LogP contribution in [0.3, 0.4) is 0 Å². The normalized spacial score (nSPS) is 34.6. The lowest BCUT2D eigenvalue weighted by Crippen LogP contribution is -2.56. The Balaban J connectivity index is 2.39. The van der Waals surface area contributed by atoms with Crippen LogP contribution in [0, 0.1) is 12.3 Å². The predicted molar refractivity (Wildman–Crippen MR) is 75.3 cm³/mol. The van der Waals surface area contributed by atoms with Crippen molar-refractivity contribution in [1.82, 2.24) is 4.90 Å². The van der Waals surface area contributed by atoms with Gasteiger partial charge in [-0.1, -0.05) is 25.0 Å². The van der Waals surface area contributed by atoms with E-state index in [0.29, 0.717) is 19.3 Å². The lowest BCUT2D eigenvalue weighted by molar-refractivity contribution is -0.139. The first-order chi connectivity index (χ1) is 9.05. The molecule has 2 rings (SSSR count). The largest absolute Gasteiger partial charge is 0.391 e. The van der Waals surface area contributed by atoms with E-state index in [1.54, 1.807) is 0 Å². The van der Waals surface area contributed by atoms with Crippen LogP contribution in [0.15, 0.2) is 12.2 Å². The summed E-state index contributed by atoms with van der Waals surface area (Å²) < 4.78 is 0. The van der Waals surface area contributed by atoms with E-state index < -0.39 is 11.6 Å². The van der Waals surface area contributed by atoms with Gasteiger partial charge in [0.25, 0.3) is 0 Å². The summed E-state index contributed by atoms with van der Waals surface area (Å²) in [6.45, 7) is 6.12. The van der Waals surface area contributed by atoms with E-state index >= 15 is 0 Å². The molecule has 1 amide bonds. The van der Waals surface area contributed by atoms with Gasteiger partial charge in [0, 0.05) is 6.42 Å². The molecule has 2 fully saturated rings. The second-order valence-corrected chi connectivity index (χ2v) is 5.78. The van der Waals surface area contributed by atoms with E-state index in [4.69, 9.17) is 6.42 Å². The second kappa shape index (κ2) is 5.38. The molecule has 0 aromatic rings. The average molecular weight is 261 g/mol. The van der Waals surface area contributed by atoms with Crippen molar-refractivity contribution in [2.75, 3.05) is 0 Å². The van der Waals surface area contributed by atoms with Crippen LogP contribution < -0.4 is 0 Å². The van der Waals surface area contributed by atoms with Gasteiger partial charge >= 0.3 is 0 Å². The highest BCUT2D eigenvalue weighted by atomic mass is 16.3. The molecule has 3 atom stereocenters. The quantitative estimate of drug-likeness (QED) is 0.625. The summed E-state index contributed by atoms with van der Waals surface area (Å²) in [4.78, 5) is 14.2. The summed E-state index contributed by atoms with van der Waals surface area (Å²) in [5.41, 5.74) is 0.578. The van der Waals surface area contributed by atoms with Crippen molar-refractivity contribution in [2.45, 2.75) is 69.6 Å². The van der Waals surface area contributed by atoms with Gasteiger partial charge < -0.3 is 10.0 Å². The molecule has 0 saturated carbocycles. The van der Waals surface area contributed by atoms with Gasteiger partial charge in [-0.05, 0) is 38.5 Å². The van der Waals surface area contributed by atoms with Crippen LogP contribution >= 0.6 is 0 Å². The minimum absolute atomic E-state index is 0.0981. The Morgan fingerprint density at radius 2 is 2.37 bits per heavy atom. The van der Waals surface area contributed by atoms with Crippen LogP contribution in [0.2, 0.25) is 0 Å². The van der Waals surface area contributed by atoms with Gasteiger partial charge in [0.15, 0.2) is 0 Å². The molecule has 3 heteroatoms. The lowest BCUT2D eigenvalue weighted by Gasteiger charge is -2.42. The molecule has 0 unspecified atom stereocenters. The Bertz CT molecular complexity index is 423. The summed E-state index contributed by atoms with van der Waals surface area (Å²) in [6, 6.07) is -0.162. The number of rotatable bonds is 3. The van der Waals surface area contributed by atoms with Gasteiger partial charge in [-0.15, -0.1) is 6.42 Å². The van der Waals surface area contributed by atoms with Gasteiger partial charge in [0.1, 0.15) is 0 Å². The molecule has 0 bridgehead atoms. The number of aliphatic hydroxyl groups excluding tert-OH is 1. The molecule has 0 spiro atoms. The average Bonchev–Trinajstić information content (AvgIpc) is 2.72. The van der Waals surface area contributed by atoms with Crippen LogP contribution in [-0.2, 0) is 4.79 Å². The Morgan fingerprint density at radius 3 is 3.00 bits per heavy atom. The predicted octanol–water partition coefficient (Wildman–Crippen LogP) is 2.25. The first-order valence-electron chi connectivity index (χ1n) is 7.18. The van der Waals surface area contributed by atoms with E-state index in [1.165, 1.54) is 0 Å². The fraction of sp³-hybridized carbons (Fsp3) is 0.688.